The van der Waals surface area contributed by atoms with Crippen LogP contribution in [-0.4, -0.2) is 8.07 Å². The van der Waals surface area contributed by atoms with Gasteiger partial charge in [0.1, 0.15) is 0 Å². The van der Waals surface area contributed by atoms with Crippen LogP contribution in [0.15, 0.2) is 96.1 Å². The van der Waals surface area contributed by atoms with Crippen molar-refractivity contribution in [2.75, 3.05) is 0 Å². The van der Waals surface area contributed by atoms with Crippen LogP contribution in [0.1, 0.15) is 97.9 Å². The molecule has 0 aromatic heterocycles. The van der Waals surface area contributed by atoms with E-state index < -0.39 is 8.07 Å². The minimum Gasteiger partial charge on any atom is -0.0679 e. The number of aryl methyl sites for hydroxylation is 2. The van der Waals surface area contributed by atoms with Gasteiger partial charge in [-0.25, -0.2) is 0 Å². The molecular formula is C40H44Si. The van der Waals surface area contributed by atoms with Crippen LogP contribution in [0.4, 0.5) is 0 Å². The zero-order valence-electron chi connectivity index (χ0n) is 26.2. The highest BCUT2D eigenvalue weighted by Gasteiger charge is 2.52. The first-order valence-corrected chi connectivity index (χ1v) is 17.4. The lowest BCUT2D eigenvalue weighted by atomic mass is 9.92. The Labute approximate surface area is 248 Å². The van der Waals surface area contributed by atoms with E-state index in [1.807, 2.05) is 0 Å². The third-order valence-electron chi connectivity index (χ3n) is 9.80. The van der Waals surface area contributed by atoms with Gasteiger partial charge in [-0.15, -0.1) is 0 Å². The van der Waals surface area contributed by atoms with Crippen LogP contribution in [0.3, 0.4) is 0 Å². The van der Waals surface area contributed by atoms with Gasteiger partial charge in [-0.2, -0.15) is 0 Å². The van der Waals surface area contributed by atoms with Gasteiger partial charge in [0.2, 0.25) is 0 Å². The zero-order valence-corrected chi connectivity index (χ0v) is 27.2. The lowest BCUT2D eigenvalue weighted by Gasteiger charge is -2.40. The Morgan fingerprint density at radius 1 is 0.488 bits per heavy atom. The minimum absolute atomic E-state index is 0.461. The number of benzene rings is 4. The monoisotopic (exact) mass is 552 g/mol. The van der Waals surface area contributed by atoms with Crippen molar-refractivity contribution in [1.82, 2.24) is 0 Å². The third kappa shape index (κ3) is 4.16. The van der Waals surface area contributed by atoms with Crippen molar-refractivity contribution in [2.24, 2.45) is 0 Å². The maximum absolute atomic E-state index is 2.75. The molecule has 208 valence electrons. The predicted octanol–water partition coefficient (Wildman–Crippen LogP) is 9.25. The predicted molar refractivity (Wildman–Crippen MR) is 181 cm³/mol. The fourth-order valence-corrected chi connectivity index (χ4v) is 13.9. The summed E-state index contributed by atoms with van der Waals surface area (Å²) in [6, 6.07) is 32.9. The summed E-state index contributed by atoms with van der Waals surface area (Å²) in [6.45, 7) is 19.0. The Balaban J connectivity index is 1.85. The molecule has 0 fully saturated rings. The first-order chi connectivity index (χ1) is 19.7. The van der Waals surface area contributed by atoms with Crippen molar-refractivity contribution in [2.45, 2.75) is 80.1 Å². The standard InChI is InChI=1S/C40H44Si/c1-25(2)33-21-19-27(5)35-23-29(7)39(37(33)35)41(31-15-11-9-12-16-31,32-17-13-10-14-18-32)40-30(8)24-36-28(6)20-22-34(26(3)4)38(36)40/h9-22,25-26H,23-24H2,1-8H3. The number of rotatable bonds is 6. The van der Waals surface area contributed by atoms with Gasteiger partial charge < -0.3 is 0 Å². The van der Waals surface area contributed by atoms with Gasteiger partial charge in [-0.3, -0.25) is 0 Å². The molecular weight excluding hydrogens is 509 g/mol. The average molecular weight is 553 g/mol. The van der Waals surface area contributed by atoms with Crippen molar-refractivity contribution < 1.29 is 0 Å². The molecule has 0 nitrogen and oxygen atoms in total. The maximum Gasteiger partial charge on any atom is 0.180 e. The minimum atomic E-state index is -2.75. The van der Waals surface area contributed by atoms with Crippen molar-refractivity contribution in [3.8, 4) is 0 Å². The smallest absolute Gasteiger partial charge is 0.0679 e. The Morgan fingerprint density at radius 3 is 1.20 bits per heavy atom. The molecule has 4 aromatic rings. The highest BCUT2D eigenvalue weighted by Crippen LogP contribution is 2.52. The van der Waals surface area contributed by atoms with E-state index in [0.717, 1.165) is 12.8 Å². The molecule has 0 aliphatic heterocycles. The first kappa shape index (κ1) is 27.7. The largest absolute Gasteiger partial charge is 0.180 e. The van der Waals surface area contributed by atoms with Gasteiger partial charge in [0.05, 0.1) is 0 Å². The van der Waals surface area contributed by atoms with Crippen LogP contribution in [0, 0.1) is 13.8 Å². The molecule has 1 heteroatoms. The second-order valence-corrected chi connectivity index (χ2v) is 16.8. The number of fused-ring (bicyclic) bond motifs is 2. The SMILES string of the molecule is CC1=C([Si](C2=C(C)Cc3c(C)ccc(C(C)C)c32)(c2ccccc2)c2ccccc2)c2c(C(C)C)ccc(C)c2C1. The molecule has 0 saturated heterocycles. The van der Waals surface area contributed by atoms with Crippen LogP contribution >= 0.6 is 0 Å². The molecule has 0 radical (unpaired) electrons. The zero-order chi connectivity index (χ0) is 29.1. The summed E-state index contributed by atoms with van der Waals surface area (Å²) in [7, 11) is -2.75. The highest BCUT2D eigenvalue weighted by atomic mass is 28.3. The molecule has 6 rings (SSSR count). The first-order valence-electron chi connectivity index (χ1n) is 15.4. The fourth-order valence-electron chi connectivity index (χ4n) is 7.94. The normalized spacial score (nSPS) is 14.9. The van der Waals surface area contributed by atoms with Gasteiger partial charge in [-0.05, 0) is 118 Å². The molecule has 2 aliphatic carbocycles. The average Bonchev–Trinajstić information content (AvgIpc) is 3.49. The van der Waals surface area contributed by atoms with Crippen LogP contribution in [-0.2, 0) is 12.8 Å². The van der Waals surface area contributed by atoms with Gasteiger partial charge in [0.15, 0.2) is 8.07 Å². The van der Waals surface area contributed by atoms with E-state index in [-0.39, 0.29) is 0 Å². The van der Waals surface area contributed by atoms with E-state index in [0.29, 0.717) is 11.8 Å². The van der Waals surface area contributed by atoms with Crippen molar-refractivity contribution >= 4 is 28.8 Å². The summed E-state index contributed by atoms with van der Waals surface area (Å²) in [6.07, 6.45) is 2.10. The topological polar surface area (TPSA) is 0 Å². The van der Waals surface area contributed by atoms with Crippen molar-refractivity contribution in [3.63, 3.8) is 0 Å². The van der Waals surface area contributed by atoms with E-state index in [1.54, 1.807) is 43.8 Å². The summed E-state index contributed by atoms with van der Waals surface area (Å²) >= 11 is 0. The quantitative estimate of drug-likeness (QED) is 0.209. The van der Waals surface area contributed by atoms with Crippen LogP contribution in [0.5, 0.6) is 0 Å². The van der Waals surface area contributed by atoms with E-state index >= 15 is 0 Å². The molecule has 0 heterocycles. The molecule has 41 heavy (non-hydrogen) atoms. The van der Waals surface area contributed by atoms with E-state index in [9.17, 15) is 0 Å². The Morgan fingerprint density at radius 2 is 0.854 bits per heavy atom. The summed E-state index contributed by atoms with van der Waals surface area (Å²) in [5, 5.41) is 6.30. The Kier molecular flexibility index (Phi) is 7.06. The van der Waals surface area contributed by atoms with Crippen LogP contribution in [0.2, 0.25) is 0 Å². The maximum atomic E-state index is 2.45. The third-order valence-corrected chi connectivity index (χ3v) is 15.1. The lowest BCUT2D eigenvalue weighted by Crippen LogP contribution is -2.61. The molecule has 0 bridgehead atoms. The van der Waals surface area contributed by atoms with Gasteiger partial charge in [0.25, 0.3) is 0 Å². The van der Waals surface area contributed by atoms with Crippen molar-refractivity contribution in [1.29, 1.82) is 0 Å². The summed E-state index contributed by atoms with van der Waals surface area (Å²) in [5.74, 6) is 0.922. The van der Waals surface area contributed by atoms with E-state index in [2.05, 4.69) is 140 Å². The molecule has 0 unspecified atom stereocenters. The molecule has 0 saturated carbocycles. The van der Waals surface area contributed by atoms with E-state index in [4.69, 9.17) is 0 Å². The summed E-state index contributed by atoms with van der Waals surface area (Å²) in [4.78, 5) is 0. The van der Waals surface area contributed by atoms with Crippen molar-refractivity contribution in [3.05, 3.63) is 141 Å². The molecule has 2 aliphatic rings. The molecule has 0 spiro atoms. The molecule has 0 N–H and O–H groups in total. The second kappa shape index (κ2) is 10.4. The molecule has 0 amide bonds. The van der Waals surface area contributed by atoms with E-state index in [1.165, 1.54) is 32.6 Å². The summed E-state index contributed by atoms with van der Waals surface area (Å²) in [5.41, 5.74) is 15.2. The second-order valence-electron chi connectivity index (χ2n) is 13.1. The summed E-state index contributed by atoms with van der Waals surface area (Å²) < 4.78 is 0. The van der Waals surface area contributed by atoms with Gasteiger partial charge in [-0.1, -0.05) is 124 Å². The van der Waals surface area contributed by atoms with Gasteiger partial charge in [0, 0.05) is 0 Å². The van der Waals surface area contributed by atoms with Gasteiger partial charge >= 0.3 is 0 Å². The lowest BCUT2D eigenvalue weighted by molar-refractivity contribution is 0.860. The molecule has 0 atom stereocenters. The number of hydrogen-bond acceptors (Lipinski definition) is 0. The van der Waals surface area contributed by atoms with Crippen LogP contribution < -0.4 is 10.4 Å². The molecule has 4 aromatic carbocycles. The van der Waals surface area contributed by atoms with Crippen LogP contribution in [0.25, 0.3) is 10.4 Å². The highest BCUT2D eigenvalue weighted by molar-refractivity contribution is 7.26. The Hall–Kier alpha value is -3.42. The number of hydrogen-bond donors (Lipinski definition) is 0. The number of allylic oxidation sites excluding steroid dienone is 2. The Bertz CT molecular complexity index is 1570. The fraction of sp³-hybridized carbons (Fsp3) is 0.300.